The van der Waals surface area contributed by atoms with Gasteiger partial charge in [-0.25, -0.2) is 0 Å². The highest BCUT2D eigenvalue weighted by molar-refractivity contribution is 9.10. The lowest BCUT2D eigenvalue weighted by Crippen LogP contribution is -2.18. The molecule has 112 valence electrons. The fourth-order valence-corrected chi connectivity index (χ4v) is 2.53. The van der Waals surface area contributed by atoms with Crippen LogP contribution in [0.5, 0.6) is 5.75 Å². The van der Waals surface area contributed by atoms with Gasteiger partial charge in [-0.1, -0.05) is 21.1 Å². The maximum atomic E-state index is 5.85. The van der Waals surface area contributed by atoms with Gasteiger partial charge >= 0.3 is 0 Å². The molecule has 0 amide bonds. The SMILES string of the molecule is CC(N)Cc1cc(OCc2nc(C3CC3)no2)ccc1Br. The molecular formula is C15H18BrN3O2. The molecule has 1 aliphatic carbocycles. The largest absolute Gasteiger partial charge is 0.484 e. The van der Waals surface area contributed by atoms with E-state index in [1.165, 1.54) is 0 Å². The van der Waals surface area contributed by atoms with E-state index >= 15 is 0 Å². The monoisotopic (exact) mass is 351 g/mol. The van der Waals surface area contributed by atoms with E-state index in [0.29, 0.717) is 18.4 Å². The number of benzene rings is 1. The Morgan fingerprint density at radius 1 is 1.48 bits per heavy atom. The average Bonchev–Trinajstić information content (AvgIpc) is 3.18. The van der Waals surface area contributed by atoms with Crippen LogP contribution in [0.3, 0.4) is 0 Å². The van der Waals surface area contributed by atoms with Crippen molar-refractivity contribution in [2.75, 3.05) is 0 Å². The third-order valence-corrected chi connectivity index (χ3v) is 4.12. The number of halogens is 1. The number of hydrogen-bond donors (Lipinski definition) is 1. The molecule has 0 radical (unpaired) electrons. The van der Waals surface area contributed by atoms with E-state index in [-0.39, 0.29) is 6.04 Å². The molecule has 1 aliphatic rings. The molecule has 21 heavy (non-hydrogen) atoms. The van der Waals surface area contributed by atoms with Gasteiger partial charge in [-0.3, -0.25) is 0 Å². The Bertz CT molecular complexity index is 623. The lowest BCUT2D eigenvalue weighted by atomic mass is 10.1. The van der Waals surface area contributed by atoms with Gasteiger partial charge in [0, 0.05) is 16.4 Å². The predicted octanol–water partition coefficient (Wildman–Crippen LogP) is 3.18. The molecule has 1 aromatic carbocycles. The number of nitrogens with two attached hydrogens (primary N) is 1. The fourth-order valence-electron chi connectivity index (χ4n) is 2.12. The Morgan fingerprint density at radius 3 is 3.00 bits per heavy atom. The Balaban J connectivity index is 1.63. The topological polar surface area (TPSA) is 74.2 Å². The first-order valence-electron chi connectivity index (χ1n) is 7.11. The summed E-state index contributed by atoms with van der Waals surface area (Å²) in [4.78, 5) is 4.34. The van der Waals surface area contributed by atoms with E-state index in [2.05, 4.69) is 26.1 Å². The number of nitrogens with zero attached hydrogens (tertiary/aromatic N) is 2. The molecule has 3 rings (SSSR count). The van der Waals surface area contributed by atoms with Crippen LogP contribution in [0, 0.1) is 0 Å². The van der Waals surface area contributed by atoms with Gasteiger partial charge in [-0.15, -0.1) is 0 Å². The molecule has 0 spiro atoms. The molecule has 1 fully saturated rings. The minimum Gasteiger partial charge on any atom is -0.484 e. The molecule has 0 saturated heterocycles. The van der Waals surface area contributed by atoms with Crippen molar-refractivity contribution >= 4 is 15.9 Å². The smallest absolute Gasteiger partial charge is 0.264 e. The van der Waals surface area contributed by atoms with Crippen molar-refractivity contribution in [3.8, 4) is 5.75 Å². The second-order valence-electron chi connectivity index (χ2n) is 5.54. The highest BCUT2D eigenvalue weighted by Crippen LogP contribution is 2.38. The summed E-state index contributed by atoms with van der Waals surface area (Å²) in [6.07, 6.45) is 3.12. The number of ether oxygens (including phenoxy) is 1. The summed E-state index contributed by atoms with van der Waals surface area (Å²) in [5.41, 5.74) is 6.98. The number of aromatic nitrogens is 2. The van der Waals surface area contributed by atoms with Crippen molar-refractivity contribution in [2.24, 2.45) is 5.73 Å². The summed E-state index contributed by atoms with van der Waals surface area (Å²) in [5, 5.41) is 3.97. The Kier molecular flexibility index (Phi) is 4.26. The first-order valence-corrected chi connectivity index (χ1v) is 7.90. The van der Waals surface area contributed by atoms with Crippen molar-refractivity contribution in [2.45, 2.75) is 44.8 Å². The minimum atomic E-state index is 0.105. The quantitative estimate of drug-likeness (QED) is 0.864. The van der Waals surface area contributed by atoms with Gasteiger partial charge in [0.05, 0.1) is 0 Å². The van der Waals surface area contributed by atoms with Crippen LogP contribution >= 0.6 is 15.9 Å². The highest BCUT2D eigenvalue weighted by atomic mass is 79.9. The molecule has 0 aliphatic heterocycles. The number of rotatable bonds is 6. The lowest BCUT2D eigenvalue weighted by molar-refractivity contribution is 0.242. The normalized spacial score (nSPS) is 16.0. The van der Waals surface area contributed by atoms with Crippen LogP contribution in [0.25, 0.3) is 0 Å². The molecule has 6 heteroatoms. The Hall–Kier alpha value is -1.40. The second kappa shape index (κ2) is 6.15. The summed E-state index contributed by atoms with van der Waals surface area (Å²) in [7, 11) is 0. The van der Waals surface area contributed by atoms with E-state index in [1.54, 1.807) is 0 Å². The van der Waals surface area contributed by atoms with Crippen molar-refractivity contribution in [3.05, 3.63) is 40.0 Å². The van der Waals surface area contributed by atoms with Crippen molar-refractivity contribution < 1.29 is 9.26 Å². The summed E-state index contributed by atoms with van der Waals surface area (Å²) in [5.74, 6) is 2.60. The Labute approximate surface area is 132 Å². The molecule has 1 unspecified atom stereocenters. The highest BCUT2D eigenvalue weighted by Gasteiger charge is 2.28. The van der Waals surface area contributed by atoms with Gasteiger partial charge in [-0.2, -0.15) is 4.98 Å². The van der Waals surface area contributed by atoms with Gasteiger partial charge < -0.3 is 15.0 Å². The predicted molar refractivity (Wildman–Crippen MR) is 82.1 cm³/mol. The molecule has 5 nitrogen and oxygen atoms in total. The second-order valence-corrected chi connectivity index (χ2v) is 6.40. The van der Waals surface area contributed by atoms with E-state index in [4.69, 9.17) is 15.0 Å². The van der Waals surface area contributed by atoms with Crippen molar-refractivity contribution in [1.29, 1.82) is 0 Å². The van der Waals surface area contributed by atoms with Gasteiger partial charge in [0.2, 0.25) is 0 Å². The summed E-state index contributed by atoms with van der Waals surface area (Å²) in [6.45, 7) is 2.27. The van der Waals surface area contributed by atoms with Crippen LogP contribution in [-0.2, 0) is 13.0 Å². The molecule has 0 bridgehead atoms. The zero-order valence-electron chi connectivity index (χ0n) is 11.9. The summed E-state index contributed by atoms with van der Waals surface area (Å²) < 4.78 is 12.0. The van der Waals surface area contributed by atoms with Crippen molar-refractivity contribution in [1.82, 2.24) is 10.1 Å². The molecule has 2 aromatic rings. The zero-order valence-corrected chi connectivity index (χ0v) is 13.5. The maximum Gasteiger partial charge on any atom is 0.264 e. The van der Waals surface area contributed by atoms with Gasteiger partial charge in [0.15, 0.2) is 12.4 Å². The van der Waals surface area contributed by atoms with Crippen LogP contribution in [0.15, 0.2) is 27.2 Å². The fraction of sp³-hybridized carbons (Fsp3) is 0.467. The summed E-state index contributed by atoms with van der Waals surface area (Å²) >= 11 is 3.53. The molecule has 1 saturated carbocycles. The minimum absolute atomic E-state index is 0.105. The first-order chi connectivity index (χ1) is 10.1. The Morgan fingerprint density at radius 2 is 2.29 bits per heavy atom. The van der Waals surface area contributed by atoms with E-state index in [9.17, 15) is 0 Å². The van der Waals surface area contributed by atoms with Crippen LogP contribution in [0.2, 0.25) is 0 Å². The molecular weight excluding hydrogens is 334 g/mol. The first kappa shape index (κ1) is 14.5. The van der Waals surface area contributed by atoms with Crippen LogP contribution in [-0.4, -0.2) is 16.2 Å². The molecule has 1 aromatic heterocycles. The standard InChI is InChI=1S/C15H18BrN3O2/c1-9(17)6-11-7-12(4-5-13(11)16)20-8-14-18-15(19-21-14)10-2-3-10/h4-5,7,9-10H,2-3,6,8,17H2,1H3. The van der Waals surface area contributed by atoms with Crippen LogP contribution in [0.1, 0.15) is 43.0 Å². The third-order valence-electron chi connectivity index (χ3n) is 3.35. The average molecular weight is 352 g/mol. The van der Waals surface area contributed by atoms with E-state index in [1.807, 2.05) is 25.1 Å². The third kappa shape index (κ3) is 3.83. The van der Waals surface area contributed by atoms with Gasteiger partial charge in [0.25, 0.3) is 5.89 Å². The van der Waals surface area contributed by atoms with E-state index < -0.39 is 0 Å². The maximum absolute atomic E-state index is 5.85. The number of hydrogen-bond acceptors (Lipinski definition) is 5. The van der Waals surface area contributed by atoms with Gasteiger partial charge in [-0.05, 0) is 49.9 Å². The molecule has 1 atom stereocenters. The zero-order chi connectivity index (χ0) is 14.8. The molecule has 1 heterocycles. The van der Waals surface area contributed by atoms with Gasteiger partial charge in [0.1, 0.15) is 5.75 Å². The summed E-state index contributed by atoms with van der Waals surface area (Å²) in [6, 6.07) is 5.98. The van der Waals surface area contributed by atoms with Crippen LogP contribution < -0.4 is 10.5 Å². The van der Waals surface area contributed by atoms with Crippen molar-refractivity contribution in [3.63, 3.8) is 0 Å². The van der Waals surface area contributed by atoms with E-state index in [0.717, 1.165) is 40.9 Å². The lowest BCUT2D eigenvalue weighted by Gasteiger charge is -2.10. The van der Waals surface area contributed by atoms with Crippen LogP contribution in [0.4, 0.5) is 0 Å². The molecule has 2 N–H and O–H groups in total.